The Morgan fingerprint density at radius 2 is 1.73 bits per heavy atom. The smallest absolute Gasteiger partial charge is 0.126 e. The van der Waals surface area contributed by atoms with Gasteiger partial charge < -0.3 is 5.32 Å². The molecule has 1 nitrogen and oxygen atoms in total. The lowest BCUT2D eigenvalue weighted by molar-refractivity contribution is 0.561. The Kier molecular flexibility index (Phi) is 4.69. The lowest BCUT2D eigenvalue weighted by atomic mass is 10.1. The van der Waals surface area contributed by atoms with Gasteiger partial charge in [-0.3, -0.25) is 0 Å². The minimum atomic E-state index is -0.498. The number of hydrogen-bond donors (Lipinski definition) is 1. The van der Waals surface area contributed by atoms with Crippen molar-refractivity contribution in [2.75, 3.05) is 6.54 Å². The average Bonchev–Trinajstić information content (AvgIpc) is 2.10. The zero-order chi connectivity index (χ0) is 11.3. The Morgan fingerprint density at radius 1 is 1.13 bits per heavy atom. The second-order valence-corrected chi connectivity index (χ2v) is 3.99. The maximum absolute atomic E-state index is 12.8. The summed E-state index contributed by atoms with van der Waals surface area (Å²) in [4.78, 5) is 0. The van der Waals surface area contributed by atoms with E-state index in [0.717, 1.165) is 24.6 Å². The van der Waals surface area contributed by atoms with E-state index >= 15 is 0 Å². The van der Waals surface area contributed by atoms with Crippen LogP contribution in [0.2, 0.25) is 0 Å². The molecule has 0 unspecified atom stereocenters. The van der Waals surface area contributed by atoms with E-state index in [4.69, 9.17) is 0 Å². The summed E-state index contributed by atoms with van der Waals surface area (Å²) >= 11 is 0. The third-order valence-electron chi connectivity index (χ3n) is 2.12. The van der Waals surface area contributed by atoms with Crippen LogP contribution in [-0.2, 0) is 6.42 Å². The molecule has 0 fully saturated rings. The van der Waals surface area contributed by atoms with Crippen molar-refractivity contribution in [2.45, 2.75) is 32.7 Å². The van der Waals surface area contributed by atoms with E-state index in [1.165, 1.54) is 12.1 Å². The zero-order valence-electron chi connectivity index (χ0n) is 9.19. The van der Waals surface area contributed by atoms with Gasteiger partial charge in [-0.25, -0.2) is 8.78 Å². The topological polar surface area (TPSA) is 12.0 Å². The molecule has 1 N–H and O–H groups in total. The highest BCUT2D eigenvalue weighted by atomic mass is 19.1. The fraction of sp³-hybridized carbons (Fsp3) is 0.500. The Bertz CT molecular complexity index is 290. The average molecular weight is 213 g/mol. The maximum Gasteiger partial charge on any atom is 0.126 e. The molecule has 0 atom stereocenters. The molecule has 0 aliphatic heterocycles. The number of hydrogen-bond acceptors (Lipinski definition) is 1. The first-order valence-electron chi connectivity index (χ1n) is 5.26. The molecule has 1 aromatic rings. The molecule has 0 spiro atoms. The van der Waals surface area contributed by atoms with Crippen LogP contribution in [0.25, 0.3) is 0 Å². The first-order chi connectivity index (χ1) is 7.08. The van der Waals surface area contributed by atoms with Crippen LogP contribution in [0.3, 0.4) is 0 Å². The first-order valence-corrected chi connectivity index (χ1v) is 5.26. The van der Waals surface area contributed by atoms with Crippen LogP contribution in [0.1, 0.15) is 25.8 Å². The summed E-state index contributed by atoms with van der Waals surface area (Å²) in [6.07, 6.45) is 1.59. The molecule has 1 rings (SSSR count). The molecule has 0 heterocycles. The van der Waals surface area contributed by atoms with Crippen molar-refractivity contribution in [3.63, 3.8) is 0 Å². The van der Waals surface area contributed by atoms with Gasteiger partial charge >= 0.3 is 0 Å². The van der Waals surface area contributed by atoms with E-state index in [1.807, 2.05) is 0 Å². The minimum Gasteiger partial charge on any atom is -0.315 e. The van der Waals surface area contributed by atoms with Gasteiger partial charge in [0, 0.05) is 12.1 Å². The van der Waals surface area contributed by atoms with Crippen molar-refractivity contribution in [3.8, 4) is 0 Å². The van der Waals surface area contributed by atoms with Crippen molar-refractivity contribution >= 4 is 0 Å². The number of aryl methyl sites for hydroxylation is 1. The largest absolute Gasteiger partial charge is 0.315 e. The minimum absolute atomic E-state index is 0.453. The van der Waals surface area contributed by atoms with E-state index in [-0.39, 0.29) is 0 Å². The highest BCUT2D eigenvalue weighted by Gasteiger charge is 2.00. The number of nitrogens with one attached hydrogen (secondary N) is 1. The van der Waals surface area contributed by atoms with E-state index < -0.39 is 11.6 Å². The van der Waals surface area contributed by atoms with Gasteiger partial charge in [-0.15, -0.1) is 0 Å². The van der Waals surface area contributed by atoms with Gasteiger partial charge in [-0.1, -0.05) is 13.8 Å². The molecule has 0 aliphatic rings. The summed E-state index contributed by atoms with van der Waals surface area (Å²) in [6.45, 7) is 5.01. The van der Waals surface area contributed by atoms with Crippen LogP contribution in [0.4, 0.5) is 8.78 Å². The third kappa shape index (κ3) is 4.88. The molecule has 84 valence electrons. The molecule has 0 bridgehead atoms. The van der Waals surface area contributed by atoms with E-state index in [1.54, 1.807) is 0 Å². The molecule has 1 aromatic carbocycles. The van der Waals surface area contributed by atoms with Gasteiger partial charge in [-0.2, -0.15) is 0 Å². The molecule has 0 saturated carbocycles. The van der Waals surface area contributed by atoms with Gasteiger partial charge in [-0.05, 0) is 37.1 Å². The second-order valence-electron chi connectivity index (χ2n) is 3.99. The Morgan fingerprint density at radius 3 is 2.27 bits per heavy atom. The van der Waals surface area contributed by atoms with Gasteiger partial charge in [0.1, 0.15) is 11.6 Å². The van der Waals surface area contributed by atoms with Crippen LogP contribution in [0.15, 0.2) is 18.2 Å². The normalized spacial score (nSPS) is 11.0. The summed E-state index contributed by atoms with van der Waals surface area (Å²) < 4.78 is 25.6. The molecule has 15 heavy (non-hydrogen) atoms. The fourth-order valence-corrected chi connectivity index (χ4v) is 1.44. The monoisotopic (exact) mass is 213 g/mol. The molecular formula is C12H17F2N. The summed E-state index contributed by atoms with van der Waals surface area (Å²) in [7, 11) is 0. The second kappa shape index (κ2) is 5.81. The van der Waals surface area contributed by atoms with Crippen molar-refractivity contribution in [2.24, 2.45) is 0 Å². The van der Waals surface area contributed by atoms with Crippen molar-refractivity contribution < 1.29 is 8.78 Å². The molecule has 0 amide bonds. The summed E-state index contributed by atoms with van der Waals surface area (Å²) in [6, 6.07) is 4.13. The Hall–Kier alpha value is -0.960. The quantitative estimate of drug-likeness (QED) is 0.741. The van der Waals surface area contributed by atoms with E-state index in [0.29, 0.717) is 12.5 Å². The predicted molar refractivity (Wildman–Crippen MR) is 57.8 cm³/mol. The van der Waals surface area contributed by atoms with Crippen molar-refractivity contribution in [3.05, 3.63) is 35.4 Å². The SMILES string of the molecule is CC(C)NCCCc1cc(F)cc(F)c1. The number of benzene rings is 1. The van der Waals surface area contributed by atoms with Gasteiger partial charge in [0.05, 0.1) is 0 Å². The highest BCUT2D eigenvalue weighted by Crippen LogP contribution is 2.09. The molecule has 0 saturated heterocycles. The number of rotatable bonds is 5. The van der Waals surface area contributed by atoms with Crippen LogP contribution in [0.5, 0.6) is 0 Å². The van der Waals surface area contributed by atoms with Crippen LogP contribution in [-0.4, -0.2) is 12.6 Å². The summed E-state index contributed by atoms with van der Waals surface area (Å²) in [5.74, 6) is -0.997. The maximum atomic E-state index is 12.8. The zero-order valence-corrected chi connectivity index (χ0v) is 9.19. The van der Waals surface area contributed by atoms with Crippen LogP contribution >= 0.6 is 0 Å². The third-order valence-corrected chi connectivity index (χ3v) is 2.12. The summed E-state index contributed by atoms with van der Waals surface area (Å²) in [5.41, 5.74) is 0.720. The lowest BCUT2D eigenvalue weighted by Gasteiger charge is -2.07. The predicted octanol–water partition coefficient (Wildman–Crippen LogP) is 2.90. The van der Waals surface area contributed by atoms with Crippen molar-refractivity contribution in [1.29, 1.82) is 0 Å². The van der Waals surface area contributed by atoms with Gasteiger partial charge in [0.25, 0.3) is 0 Å². The highest BCUT2D eigenvalue weighted by molar-refractivity contribution is 5.17. The molecule has 0 radical (unpaired) electrons. The van der Waals surface area contributed by atoms with Crippen LogP contribution < -0.4 is 5.32 Å². The summed E-state index contributed by atoms with van der Waals surface area (Å²) in [5, 5.41) is 3.26. The Balaban J connectivity index is 2.37. The Labute approximate surface area is 89.5 Å². The van der Waals surface area contributed by atoms with Crippen LogP contribution in [0, 0.1) is 11.6 Å². The lowest BCUT2D eigenvalue weighted by Crippen LogP contribution is -2.23. The first kappa shape index (κ1) is 12.1. The number of halogens is 2. The fourth-order valence-electron chi connectivity index (χ4n) is 1.44. The van der Waals surface area contributed by atoms with Gasteiger partial charge in [0.15, 0.2) is 0 Å². The standard InChI is InChI=1S/C12H17F2N/c1-9(2)15-5-3-4-10-6-11(13)8-12(14)7-10/h6-9,15H,3-5H2,1-2H3. The van der Waals surface area contributed by atoms with E-state index in [2.05, 4.69) is 19.2 Å². The molecule has 3 heteroatoms. The molecular weight excluding hydrogens is 196 g/mol. The van der Waals surface area contributed by atoms with Gasteiger partial charge in [0.2, 0.25) is 0 Å². The molecule has 0 aromatic heterocycles. The van der Waals surface area contributed by atoms with E-state index in [9.17, 15) is 8.78 Å². The van der Waals surface area contributed by atoms with Crippen molar-refractivity contribution in [1.82, 2.24) is 5.32 Å². The molecule has 0 aliphatic carbocycles.